The molecule has 1 unspecified atom stereocenters. The van der Waals surface area contributed by atoms with Crippen LogP contribution in [-0.2, 0) is 14.0 Å². The van der Waals surface area contributed by atoms with E-state index >= 15 is 0 Å². The van der Waals surface area contributed by atoms with Crippen molar-refractivity contribution >= 4 is 35.0 Å². The molecule has 1 aliphatic rings. The van der Waals surface area contributed by atoms with Crippen LogP contribution in [0, 0.1) is 0 Å². The van der Waals surface area contributed by atoms with E-state index in [4.69, 9.17) is 30.7 Å². The number of ether oxygens (including phenoxy) is 1. The van der Waals surface area contributed by atoms with Gasteiger partial charge in [-0.05, 0) is 36.3 Å². The number of benzene rings is 1. The van der Waals surface area contributed by atoms with Crippen LogP contribution in [0.4, 0.5) is 0 Å². The molecule has 0 saturated carbocycles. The van der Waals surface area contributed by atoms with Crippen LogP contribution in [0.15, 0.2) is 24.1 Å². The van der Waals surface area contributed by atoms with Gasteiger partial charge in [-0.15, -0.1) is 4.33 Å². The fourth-order valence-electron chi connectivity index (χ4n) is 2.25. The molecule has 1 aliphatic heterocycles. The molecule has 0 bridgehead atoms. The molecule has 1 heterocycles. The normalized spacial score (nSPS) is 19.8. The number of carboxylic acid groups (broad SMARTS) is 1. The summed E-state index contributed by atoms with van der Waals surface area (Å²) in [6.07, 6.45) is 5.57. The second-order valence-corrected chi connectivity index (χ2v) is 7.28. The van der Waals surface area contributed by atoms with Crippen LogP contribution >= 0.6 is 23.0 Å². The molecule has 0 amide bonds. The van der Waals surface area contributed by atoms with Gasteiger partial charge in [0.25, 0.3) is 0 Å². The van der Waals surface area contributed by atoms with Gasteiger partial charge >= 0.3 is 5.97 Å². The number of unbranched alkanes of at least 4 members (excludes halogenated alkanes) is 3. The molecule has 134 valence electrons. The van der Waals surface area contributed by atoms with Crippen LogP contribution in [0.1, 0.15) is 37.7 Å². The molecule has 0 spiro atoms. The number of hydrogen-bond donors (Lipinski definition) is 3. The van der Waals surface area contributed by atoms with E-state index in [9.17, 15) is 4.79 Å². The summed E-state index contributed by atoms with van der Waals surface area (Å²) in [5.41, 5.74) is 0.735. The summed E-state index contributed by atoms with van der Waals surface area (Å²) in [5, 5.41) is 9.15. The molecule has 2 rings (SSSR count). The number of carbonyl (C=O) groups is 1. The topological polar surface area (TPSA) is 77.0 Å². The van der Waals surface area contributed by atoms with Gasteiger partial charge in [0.1, 0.15) is 5.75 Å². The Balaban J connectivity index is 1.78. The number of nitrogens with one attached hydrogen (secondary N) is 1. The van der Waals surface area contributed by atoms with Crippen LogP contribution in [-0.4, -0.2) is 23.9 Å². The molecule has 1 fully saturated rings. The Morgan fingerprint density at radius 3 is 2.92 bits per heavy atom. The first-order valence-corrected chi connectivity index (χ1v) is 9.57. The Hall–Kier alpha value is -1.57. The molecule has 1 aromatic rings. The van der Waals surface area contributed by atoms with E-state index in [1.54, 1.807) is 19.3 Å². The van der Waals surface area contributed by atoms with Gasteiger partial charge in [0.2, 0.25) is 5.88 Å². The van der Waals surface area contributed by atoms with E-state index < -0.39 is 17.3 Å². The number of aliphatic carboxylic acids is 1. The second-order valence-electron chi connectivity index (χ2n) is 5.29. The fraction of sp³-hybridized carbons (Fsp3) is 0.438. The summed E-state index contributed by atoms with van der Waals surface area (Å²) in [4.78, 5) is 15.6. The molecule has 0 aromatic heterocycles. The smallest absolute Gasteiger partial charge is 0.303 e. The van der Waals surface area contributed by atoms with Crippen LogP contribution in [0.2, 0.25) is 5.02 Å². The van der Waals surface area contributed by atoms with Crippen molar-refractivity contribution in [1.29, 1.82) is 0 Å². The van der Waals surface area contributed by atoms with Gasteiger partial charge in [-0.2, -0.15) is 0 Å². The first-order chi connectivity index (χ1) is 11.6. The monoisotopic (exact) mass is 375 g/mol. The van der Waals surface area contributed by atoms with Crippen LogP contribution in [0.5, 0.6) is 5.75 Å². The van der Waals surface area contributed by atoms with Crippen molar-refractivity contribution in [2.75, 3.05) is 12.9 Å². The maximum Gasteiger partial charge on any atom is 0.303 e. The van der Waals surface area contributed by atoms with E-state index in [1.165, 1.54) is 0 Å². The predicted octanol–water partition coefficient (Wildman–Crippen LogP) is 4.06. The Morgan fingerprint density at radius 1 is 1.38 bits per heavy atom. The number of thiol groups is 1. The standard InChI is InChI=1S/C16H22ClNO5S/c1-21-14-8-6-7-13(17)12(14)11-15-18-24(23-22-15)10-5-3-2-4-9-16(19)20/h6-8,11,18,24H,2-5,9-10H2,1H3,(H,19,20)/b15-11-. The third kappa shape index (κ3) is 5.81. The Kier molecular flexibility index (Phi) is 7.55. The van der Waals surface area contributed by atoms with Crippen molar-refractivity contribution in [2.45, 2.75) is 32.1 Å². The molecule has 24 heavy (non-hydrogen) atoms. The van der Waals surface area contributed by atoms with E-state index in [2.05, 4.69) is 4.72 Å². The average Bonchev–Trinajstić information content (AvgIpc) is 3.00. The van der Waals surface area contributed by atoms with E-state index in [1.807, 2.05) is 12.1 Å². The van der Waals surface area contributed by atoms with Gasteiger partial charge in [-0.1, -0.05) is 30.5 Å². The summed E-state index contributed by atoms with van der Waals surface area (Å²) < 4.78 is 13.8. The SMILES string of the molecule is COc1cccc(Cl)c1/C=C1/N[SH](CCCCCCC(=O)O)OO1. The second kappa shape index (κ2) is 9.66. The zero-order chi connectivity index (χ0) is 17.4. The van der Waals surface area contributed by atoms with Crippen molar-refractivity contribution in [2.24, 2.45) is 0 Å². The third-order valence-corrected chi connectivity index (χ3v) is 5.24. The number of halogens is 1. The lowest BCUT2D eigenvalue weighted by Gasteiger charge is -2.09. The number of rotatable bonds is 9. The highest BCUT2D eigenvalue weighted by atomic mass is 35.5. The first kappa shape index (κ1) is 18.8. The zero-order valence-corrected chi connectivity index (χ0v) is 15.1. The van der Waals surface area contributed by atoms with E-state index in [0.29, 0.717) is 16.7 Å². The Morgan fingerprint density at radius 2 is 2.17 bits per heavy atom. The molecule has 0 radical (unpaired) electrons. The van der Waals surface area contributed by atoms with Gasteiger partial charge < -0.3 is 14.7 Å². The van der Waals surface area contributed by atoms with E-state index in [0.717, 1.165) is 37.0 Å². The average molecular weight is 376 g/mol. The minimum absolute atomic E-state index is 0.235. The van der Waals surface area contributed by atoms with Crippen molar-refractivity contribution in [3.8, 4) is 5.75 Å². The highest BCUT2D eigenvalue weighted by molar-refractivity contribution is 8.11. The van der Waals surface area contributed by atoms with Gasteiger partial charge in [0.15, 0.2) is 0 Å². The number of hydrogen-bond acceptors (Lipinski definition) is 5. The number of carboxylic acids is 1. The first-order valence-electron chi connectivity index (χ1n) is 7.75. The van der Waals surface area contributed by atoms with Crippen molar-refractivity contribution in [3.05, 3.63) is 34.7 Å². The largest absolute Gasteiger partial charge is 0.496 e. The van der Waals surface area contributed by atoms with Crippen molar-refractivity contribution < 1.29 is 23.9 Å². The molecule has 8 heteroatoms. The van der Waals surface area contributed by atoms with E-state index in [-0.39, 0.29) is 6.42 Å². The highest BCUT2D eigenvalue weighted by Crippen LogP contribution is 2.36. The lowest BCUT2D eigenvalue weighted by atomic mass is 10.2. The molecule has 1 aromatic carbocycles. The third-order valence-electron chi connectivity index (χ3n) is 3.46. The number of methoxy groups -OCH3 is 1. The lowest BCUT2D eigenvalue weighted by molar-refractivity contribution is -0.137. The van der Waals surface area contributed by atoms with Gasteiger partial charge in [0, 0.05) is 23.8 Å². The van der Waals surface area contributed by atoms with Gasteiger partial charge in [-0.25, -0.2) is 0 Å². The van der Waals surface area contributed by atoms with Crippen LogP contribution < -0.4 is 9.46 Å². The molecule has 0 aliphatic carbocycles. The van der Waals surface area contributed by atoms with Gasteiger partial charge in [0.05, 0.1) is 12.1 Å². The zero-order valence-electron chi connectivity index (χ0n) is 13.5. The van der Waals surface area contributed by atoms with Crippen molar-refractivity contribution in [1.82, 2.24) is 4.72 Å². The lowest BCUT2D eigenvalue weighted by Crippen LogP contribution is -2.04. The summed E-state index contributed by atoms with van der Waals surface area (Å²) >= 11 is 5.31. The highest BCUT2D eigenvalue weighted by Gasteiger charge is 2.19. The molecular formula is C16H22ClNO5S. The Labute approximate surface area is 149 Å². The minimum atomic E-state index is -0.878. The summed E-state index contributed by atoms with van der Waals surface area (Å²) in [6, 6.07) is 5.43. The maximum absolute atomic E-state index is 10.4. The summed E-state index contributed by atoms with van der Waals surface area (Å²) in [7, 11) is 1.59. The quantitative estimate of drug-likeness (QED) is 0.343. The summed E-state index contributed by atoms with van der Waals surface area (Å²) in [5.74, 6) is 1.28. The molecular weight excluding hydrogens is 354 g/mol. The predicted molar refractivity (Wildman–Crippen MR) is 95.9 cm³/mol. The molecule has 6 nitrogen and oxygen atoms in total. The molecule has 1 atom stereocenters. The van der Waals surface area contributed by atoms with Crippen molar-refractivity contribution in [3.63, 3.8) is 0 Å². The maximum atomic E-state index is 10.4. The minimum Gasteiger partial charge on any atom is -0.496 e. The van der Waals surface area contributed by atoms with Crippen LogP contribution in [0.25, 0.3) is 6.08 Å². The van der Waals surface area contributed by atoms with Crippen LogP contribution in [0.3, 0.4) is 0 Å². The summed E-state index contributed by atoms with van der Waals surface area (Å²) in [6.45, 7) is 0. The molecule has 2 N–H and O–H groups in total. The fourth-order valence-corrected chi connectivity index (χ4v) is 3.72. The Bertz CT molecular complexity index is 596. The van der Waals surface area contributed by atoms with Gasteiger partial charge in [-0.3, -0.25) is 9.52 Å². The molecule has 1 saturated heterocycles.